The van der Waals surface area contributed by atoms with E-state index in [1.54, 1.807) is 0 Å². The van der Waals surface area contributed by atoms with Crippen LogP contribution in [0.1, 0.15) is 1.43 Å². The third kappa shape index (κ3) is 9.91. The zero-order chi connectivity index (χ0) is 0. The summed E-state index contributed by atoms with van der Waals surface area (Å²) in [6.45, 7) is 0. The molecule has 4 heteroatoms. The fourth-order valence-corrected chi connectivity index (χ4v) is 0. The van der Waals surface area contributed by atoms with Crippen LogP contribution in [-0.4, -0.2) is 5.48 Å². The summed E-state index contributed by atoms with van der Waals surface area (Å²) >= 11 is 0. The summed E-state index contributed by atoms with van der Waals surface area (Å²) in [5.74, 6) is 0. The number of hydrogen-bond donors (Lipinski definition) is 0. The summed E-state index contributed by atoms with van der Waals surface area (Å²) in [6, 6.07) is 0. The molecule has 0 aliphatic rings. The quantitative estimate of drug-likeness (QED) is 0.293. The summed E-state index contributed by atoms with van der Waals surface area (Å²) in [6.07, 6.45) is 0. The maximum atomic E-state index is 0. The van der Waals surface area contributed by atoms with Crippen LogP contribution in [0.4, 0.5) is 0 Å². The van der Waals surface area contributed by atoms with E-state index in [1.165, 1.54) is 0 Å². The molecule has 0 aliphatic carbocycles. The molecule has 0 fully saturated rings. The zero-order valence-corrected chi connectivity index (χ0v) is 4.46. The first-order chi connectivity index (χ1) is 0. The van der Waals surface area contributed by atoms with Crippen LogP contribution in [0, 0.1) is 0 Å². The molecule has 0 amide bonds. The summed E-state index contributed by atoms with van der Waals surface area (Å²) in [4.78, 5) is 0. The summed E-state index contributed by atoms with van der Waals surface area (Å²) in [5.41, 5.74) is 0. The van der Waals surface area contributed by atoms with Gasteiger partial charge < -0.3 is 6.90 Å². The van der Waals surface area contributed by atoms with Crippen molar-refractivity contribution in [1.82, 2.24) is 0 Å². The maximum Gasteiger partial charge on any atom is 1.00 e. The average Bonchev–Trinajstić information content (AvgIpc) is 0. The van der Waals surface area contributed by atoms with Gasteiger partial charge in [-0.2, -0.15) is 13.5 Å². The van der Waals surface area contributed by atoms with Crippen molar-refractivity contribution in [3.63, 3.8) is 0 Å². The minimum Gasteiger partial charge on any atom is -1.00 e. The Labute approximate surface area is 56.4 Å². The van der Waals surface area contributed by atoms with E-state index in [2.05, 4.69) is 0 Å². The number of rotatable bonds is 0. The summed E-state index contributed by atoms with van der Waals surface area (Å²) in [5, 5.41) is 0. The van der Waals surface area contributed by atoms with E-state index in [0.29, 0.717) is 0 Å². The topological polar surface area (TPSA) is 31.5 Å². The molecular formula is H5FeLiOS. The molecule has 0 aliphatic heterocycles. The van der Waals surface area contributed by atoms with Crippen molar-refractivity contribution in [2.75, 3.05) is 0 Å². The van der Waals surface area contributed by atoms with Crippen molar-refractivity contribution in [3.05, 3.63) is 0 Å². The Hall–Kier alpha value is 1.43. The molecule has 0 atom stereocenters. The van der Waals surface area contributed by atoms with E-state index in [4.69, 9.17) is 0 Å². The van der Waals surface area contributed by atoms with E-state index in [9.17, 15) is 0 Å². The Morgan fingerprint density at radius 3 is 1.25 bits per heavy atom. The monoisotopic (exact) mass is 116 g/mol. The molecule has 0 rings (SSSR count). The third-order valence-corrected chi connectivity index (χ3v) is 0. The molecule has 0 saturated heterocycles. The molecule has 0 radical (unpaired) electrons. The summed E-state index contributed by atoms with van der Waals surface area (Å²) in [7, 11) is 0. The van der Waals surface area contributed by atoms with Crippen molar-refractivity contribution in [2.24, 2.45) is 0 Å². The second kappa shape index (κ2) is 25.5. The molecule has 4 heavy (non-hydrogen) atoms. The molecule has 0 saturated carbocycles. The van der Waals surface area contributed by atoms with E-state index >= 15 is 0 Å². The first kappa shape index (κ1) is 52.2. The van der Waals surface area contributed by atoms with E-state index in [1.807, 2.05) is 0 Å². The molecule has 0 aromatic rings. The van der Waals surface area contributed by atoms with Crippen molar-refractivity contribution < 1.29 is 42.8 Å². The molecule has 0 aromatic heterocycles. The Bertz CT molecular complexity index is 11.6. The van der Waals surface area contributed by atoms with Crippen molar-refractivity contribution in [1.29, 1.82) is 0 Å². The fourth-order valence-electron chi connectivity index (χ4n) is 0. The molecule has 0 spiro atoms. The molecule has 0 heterocycles. The summed E-state index contributed by atoms with van der Waals surface area (Å²) < 4.78 is 0. The van der Waals surface area contributed by atoms with Crippen LogP contribution >= 0.6 is 13.5 Å². The standard InChI is InChI=1S/Fe.Li.H2O.H2S.H/h;;2*1H2;/q;+1;;;-1. The van der Waals surface area contributed by atoms with Gasteiger partial charge in [-0.1, -0.05) is 0 Å². The van der Waals surface area contributed by atoms with Crippen LogP contribution in [0.3, 0.4) is 0 Å². The Kier molecular flexibility index (Phi) is 333. The van der Waals surface area contributed by atoms with E-state index in [-0.39, 0.29) is 56.3 Å². The number of hydrogen-bond acceptors (Lipinski definition) is 0. The molecule has 26 valence electrons. The second-order valence-electron chi connectivity index (χ2n) is 0. The molecule has 1 nitrogen and oxygen atoms in total. The molecule has 0 bridgehead atoms. The Morgan fingerprint density at radius 1 is 1.25 bits per heavy atom. The van der Waals surface area contributed by atoms with Crippen molar-refractivity contribution >= 4 is 13.5 Å². The zero-order valence-electron chi connectivity index (χ0n) is 3.35. The van der Waals surface area contributed by atoms with Gasteiger partial charge in [0, 0.05) is 17.1 Å². The van der Waals surface area contributed by atoms with Gasteiger partial charge in [-0.05, 0) is 0 Å². The first-order valence-corrected chi connectivity index (χ1v) is 0. The van der Waals surface area contributed by atoms with Crippen molar-refractivity contribution in [3.8, 4) is 0 Å². The average molecular weight is 116 g/mol. The maximum absolute atomic E-state index is 0. The predicted molar refractivity (Wildman–Crippen MR) is 15.1 cm³/mol. The van der Waals surface area contributed by atoms with Crippen LogP contribution < -0.4 is 18.9 Å². The van der Waals surface area contributed by atoms with Gasteiger partial charge in [0.05, 0.1) is 0 Å². The SMILES string of the molecule is O.S.[Fe].[H-].[Li+]. The third-order valence-electron chi connectivity index (χ3n) is 0. The predicted octanol–water partition coefficient (Wildman–Crippen LogP) is -3.60. The van der Waals surface area contributed by atoms with Gasteiger partial charge in [0.15, 0.2) is 0 Å². The van der Waals surface area contributed by atoms with Gasteiger partial charge in [0.25, 0.3) is 0 Å². The van der Waals surface area contributed by atoms with Crippen molar-refractivity contribution in [2.45, 2.75) is 0 Å². The van der Waals surface area contributed by atoms with E-state index in [0.717, 1.165) is 0 Å². The van der Waals surface area contributed by atoms with Gasteiger partial charge in [-0.15, -0.1) is 0 Å². The minimum atomic E-state index is 0. The molecular weight excluding hydrogens is 111 g/mol. The molecule has 2 N–H and O–H groups in total. The second-order valence-corrected chi connectivity index (χ2v) is 0. The largest absolute Gasteiger partial charge is 1.00 e. The molecule has 0 unspecified atom stereocenters. The Morgan fingerprint density at radius 2 is 1.25 bits per heavy atom. The van der Waals surface area contributed by atoms with Crippen LogP contribution in [0.15, 0.2) is 0 Å². The first-order valence-electron chi connectivity index (χ1n) is 0. The normalized spacial score (nSPS) is 0. The van der Waals surface area contributed by atoms with Crippen LogP contribution in [0.25, 0.3) is 0 Å². The Balaban J connectivity index is 0. The van der Waals surface area contributed by atoms with Gasteiger partial charge in [0.1, 0.15) is 0 Å². The van der Waals surface area contributed by atoms with Gasteiger partial charge >= 0.3 is 18.9 Å². The van der Waals surface area contributed by atoms with Gasteiger partial charge in [-0.3, -0.25) is 0 Å². The van der Waals surface area contributed by atoms with Gasteiger partial charge in [0.2, 0.25) is 0 Å². The van der Waals surface area contributed by atoms with Crippen LogP contribution in [0.2, 0.25) is 0 Å². The molecule has 0 aromatic carbocycles. The smallest absolute Gasteiger partial charge is 1.00 e. The fraction of sp³-hybridized carbons (Fsp3) is 0. The minimum absolute atomic E-state index is 0. The van der Waals surface area contributed by atoms with Gasteiger partial charge in [-0.25, -0.2) is 0 Å². The van der Waals surface area contributed by atoms with Crippen LogP contribution in [-0.2, 0) is 17.1 Å². The van der Waals surface area contributed by atoms with Crippen LogP contribution in [0.5, 0.6) is 0 Å². The van der Waals surface area contributed by atoms with E-state index < -0.39 is 0 Å².